The zero-order chi connectivity index (χ0) is 20.3. The number of benzene rings is 1. The highest BCUT2D eigenvalue weighted by Gasteiger charge is 2.38. The van der Waals surface area contributed by atoms with E-state index in [1.54, 1.807) is 31.2 Å². The molecule has 7 nitrogen and oxygen atoms in total. The molecule has 1 aromatic heterocycles. The van der Waals surface area contributed by atoms with Crippen LogP contribution < -0.4 is 4.90 Å². The number of rotatable bonds is 4. The fourth-order valence-electron chi connectivity index (χ4n) is 3.28. The number of amides is 2. The SMILES string of the molecule is C.CC1C=C(c2cc(N3C(=O)c4ccccc4C3=O)n(P)n2)CC1.CCOC=O. The number of aromatic nitrogens is 2. The molecule has 4 rings (SSSR count). The van der Waals surface area contributed by atoms with Crippen molar-refractivity contribution in [3.05, 3.63) is 53.2 Å². The number of nitrogens with zero attached hydrogens (tertiary/aromatic N) is 3. The summed E-state index contributed by atoms with van der Waals surface area (Å²) in [7, 11) is 2.46. The number of ether oxygens (including phenoxy) is 1. The van der Waals surface area contributed by atoms with Gasteiger partial charge in [0, 0.05) is 6.07 Å². The second-order valence-electron chi connectivity index (χ2n) is 6.58. The lowest BCUT2D eigenvalue weighted by atomic mass is 10.1. The third kappa shape index (κ3) is 4.46. The topological polar surface area (TPSA) is 81.5 Å². The Kier molecular flexibility index (Phi) is 7.46. The molecule has 2 atom stereocenters. The highest BCUT2D eigenvalue weighted by atomic mass is 31.0. The van der Waals surface area contributed by atoms with Gasteiger partial charge in [0.05, 0.1) is 23.4 Å². The number of imide groups is 1. The maximum atomic E-state index is 12.6. The van der Waals surface area contributed by atoms with Crippen molar-refractivity contribution in [1.29, 1.82) is 0 Å². The molecular weight excluding hydrogens is 389 g/mol. The Labute approximate surface area is 173 Å². The van der Waals surface area contributed by atoms with Gasteiger partial charge in [0.15, 0.2) is 0 Å². The molecule has 2 aliphatic rings. The molecule has 0 radical (unpaired) electrons. The maximum absolute atomic E-state index is 12.6. The van der Waals surface area contributed by atoms with Crippen LogP contribution in [0.1, 0.15) is 60.5 Å². The van der Waals surface area contributed by atoms with Gasteiger partial charge in [0.2, 0.25) is 0 Å². The summed E-state index contributed by atoms with van der Waals surface area (Å²) in [5, 5.41) is 4.47. The number of hydrogen-bond acceptors (Lipinski definition) is 5. The van der Waals surface area contributed by atoms with Crippen molar-refractivity contribution in [2.45, 2.75) is 34.1 Å². The predicted octanol–water partition coefficient (Wildman–Crippen LogP) is 3.95. The van der Waals surface area contributed by atoms with E-state index in [-0.39, 0.29) is 19.2 Å². The molecule has 2 aromatic rings. The Morgan fingerprint density at radius 2 is 1.86 bits per heavy atom. The summed E-state index contributed by atoms with van der Waals surface area (Å²) in [5.41, 5.74) is 2.89. The van der Waals surface area contributed by atoms with E-state index in [0.29, 0.717) is 35.9 Å². The number of carbonyl (C=O) groups excluding carboxylic acids is 3. The first-order valence-corrected chi connectivity index (χ1v) is 9.58. The van der Waals surface area contributed by atoms with Gasteiger partial charge in [-0.3, -0.25) is 14.4 Å². The highest BCUT2D eigenvalue weighted by molar-refractivity contribution is 7.14. The van der Waals surface area contributed by atoms with Gasteiger partial charge in [-0.05, 0) is 52.8 Å². The van der Waals surface area contributed by atoms with Crippen LogP contribution >= 0.6 is 9.39 Å². The van der Waals surface area contributed by atoms with E-state index in [4.69, 9.17) is 0 Å². The Hall–Kier alpha value is -2.79. The van der Waals surface area contributed by atoms with Gasteiger partial charge in [-0.15, -0.1) is 0 Å². The molecule has 0 saturated carbocycles. The van der Waals surface area contributed by atoms with Gasteiger partial charge in [-0.25, -0.2) is 9.35 Å². The van der Waals surface area contributed by atoms with E-state index >= 15 is 0 Å². The van der Waals surface area contributed by atoms with Crippen molar-refractivity contribution in [2.75, 3.05) is 11.5 Å². The Morgan fingerprint density at radius 1 is 1.24 bits per heavy atom. The summed E-state index contributed by atoms with van der Waals surface area (Å²) in [5.74, 6) is 0.433. The van der Waals surface area contributed by atoms with Crippen molar-refractivity contribution in [2.24, 2.45) is 5.92 Å². The average Bonchev–Trinajstić information content (AvgIpc) is 3.35. The fourth-order valence-corrected chi connectivity index (χ4v) is 3.60. The molecule has 154 valence electrons. The molecule has 0 fully saturated rings. The van der Waals surface area contributed by atoms with Crippen LogP contribution in [0.3, 0.4) is 0 Å². The molecule has 0 spiro atoms. The summed E-state index contributed by atoms with van der Waals surface area (Å²) < 4.78 is 5.68. The lowest BCUT2D eigenvalue weighted by molar-refractivity contribution is -0.128. The minimum atomic E-state index is -0.297. The molecule has 0 saturated heterocycles. The number of fused-ring (bicyclic) bond motifs is 1. The van der Waals surface area contributed by atoms with E-state index in [1.807, 2.05) is 6.07 Å². The summed E-state index contributed by atoms with van der Waals surface area (Å²) in [6.07, 6.45) is 4.30. The molecule has 1 aliphatic carbocycles. The van der Waals surface area contributed by atoms with Gasteiger partial charge >= 0.3 is 0 Å². The quantitative estimate of drug-likeness (QED) is 0.429. The first-order chi connectivity index (χ1) is 13.5. The van der Waals surface area contributed by atoms with Crippen LogP contribution in [0, 0.1) is 5.92 Å². The van der Waals surface area contributed by atoms with Crippen LogP contribution in [0.25, 0.3) is 5.57 Å². The lowest BCUT2D eigenvalue weighted by Gasteiger charge is -2.12. The van der Waals surface area contributed by atoms with E-state index < -0.39 is 0 Å². The van der Waals surface area contributed by atoms with Gasteiger partial charge < -0.3 is 4.74 Å². The van der Waals surface area contributed by atoms with Gasteiger partial charge in [0.25, 0.3) is 18.3 Å². The number of hydrogen-bond donors (Lipinski definition) is 0. The van der Waals surface area contributed by atoms with Crippen LogP contribution in [-0.4, -0.2) is 34.4 Å². The summed E-state index contributed by atoms with van der Waals surface area (Å²) in [4.78, 5) is 35.5. The van der Waals surface area contributed by atoms with Crippen molar-refractivity contribution < 1.29 is 19.1 Å². The highest BCUT2D eigenvalue weighted by Crippen LogP contribution is 2.35. The van der Waals surface area contributed by atoms with E-state index in [1.165, 1.54) is 14.9 Å². The molecule has 2 unspecified atom stereocenters. The maximum Gasteiger partial charge on any atom is 0.293 e. The largest absolute Gasteiger partial charge is 0.468 e. The van der Waals surface area contributed by atoms with Crippen LogP contribution in [-0.2, 0) is 9.53 Å². The lowest BCUT2D eigenvalue weighted by Crippen LogP contribution is -2.30. The Bertz CT molecular complexity index is 916. The average molecular weight is 415 g/mol. The van der Waals surface area contributed by atoms with E-state index in [2.05, 4.69) is 32.2 Å². The van der Waals surface area contributed by atoms with Crippen molar-refractivity contribution in [3.8, 4) is 0 Å². The minimum absolute atomic E-state index is 0. The number of anilines is 1. The summed E-state index contributed by atoms with van der Waals surface area (Å²) >= 11 is 0. The predicted molar refractivity (Wildman–Crippen MR) is 116 cm³/mol. The van der Waals surface area contributed by atoms with E-state index in [9.17, 15) is 14.4 Å². The normalized spacial score (nSPS) is 17.1. The molecule has 1 aromatic carbocycles. The zero-order valence-electron chi connectivity index (χ0n) is 15.8. The molecule has 2 heterocycles. The zero-order valence-corrected chi connectivity index (χ0v) is 16.9. The molecule has 2 amide bonds. The Morgan fingerprint density at radius 3 is 2.31 bits per heavy atom. The first-order valence-electron chi connectivity index (χ1n) is 9.07. The third-order valence-corrected chi connectivity index (χ3v) is 5.04. The molecule has 8 heteroatoms. The molecule has 1 aliphatic heterocycles. The van der Waals surface area contributed by atoms with Gasteiger partial charge in [0.1, 0.15) is 5.82 Å². The van der Waals surface area contributed by atoms with Gasteiger partial charge in [-0.1, -0.05) is 32.6 Å². The number of allylic oxidation sites excluding steroid dienone is 2. The third-order valence-electron chi connectivity index (χ3n) is 4.66. The summed E-state index contributed by atoms with van der Waals surface area (Å²) in [6, 6.07) is 8.71. The second kappa shape index (κ2) is 9.61. The summed E-state index contributed by atoms with van der Waals surface area (Å²) in [6.45, 7) is 4.84. The molecule has 0 N–H and O–H groups in total. The molecule has 0 bridgehead atoms. The first kappa shape index (κ1) is 22.5. The van der Waals surface area contributed by atoms with Gasteiger partial charge in [-0.2, -0.15) is 5.10 Å². The van der Waals surface area contributed by atoms with Crippen molar-refractivity contribution in [1.82, 2.24) is 9.55 Å². The smallest absolute Gasteiger partial charge is 0.293 e. The van der Waals surface area contributed by atoms with Crippen LogP contribution in [0.15, 0.2) is 36.4 Å². The van der Waals surface area contributed by atoms with Crippen molar-refractivity contribution >= 4 is 39.1 Å². The van der Waals surface area contributed by atoms with Crippen LogP contribution in [0.5, 0.6) is 0 Å². The monoisotopic (exact) mass is 415 g/mol. The second-order valence-corrected chi connectivity index (χ2v) is 7.07. The minimum Gasteiger partial charge on any atom is -0.468 e. The van der Waals surface area contributed by atoms with E-state index in [0.717, 1.165) is 18.5 Å². The molecule has 29 heavy (non-hydrogen) atoms. The Balaban J connectivity index is 0.000000450. The number of carbonyl (C=O) groups is 3. The van der Waals surface area contributed by atoms with Crippen LogP contribution in [0.4, 0.5) is 5.82 Å². The fraction of sp³-hybridized carbons (Fsp3) is 0.333. The standard InChI is InChI=1S/C17H16N3O2P.C3H6O2.CH4/c1-10-6-7-11(8-10)14-9-15(20(23)18-14)19-16(21)12-4-2-3-5-13(12)17(19)22;1-2-5-3-4;/h2-5,8-10H,6-7,23H2,1H3;3H,2H2,1H3;1H4. The van der Waals surface area contributed by atoms with Crippen molar-refractivity contribution in [3.63, 3.8) is 0 Å². The molecular formula is C21H26N3O4P. The van der Waals surface area contributed by atoms with Crippen LogP contribution in [0.2, 0.25) is 0 Å².